The van der Waals surface area contributed by atoms with Gasteiger partial charge in [-0.2, -0.15) is 0 Å². The Kier molecular flexibility index (Phi) is 9.79. The first-order valence-corrected chi connectivity index (χ1v) is 13.3. The van der Waals surface area contributed by atoms with E-state index in [1.165, 1.54) is 33.4 Å². The molecule has 0 aliphatic rings. The standard InChI is InChI=1S/C26H30N2O.2ClH.Fe/c1-15-11-17(3)25(18(4)12-15)27-21(7)23-9-10-24(29-23)22(8)28-26-19(5)13-16(2)14-20(26)6;;;/h9-14H,1-8H3;2*1H;/q;;;+2/p-2. The van der Waals surface area contributed by atoms with Gasteiger partial charge in [-0.3, -0.25) is 0 Å². The van der Waals surface area contributed by atoms with Crippen LogP contribution in [0.3, 0.4) is 0 Å². The van der Waals surface area contributed by atoms with Crippen LogP contribution in [0.15, 0.2) is 50.8 Å². The van der Waals surface area contributed by atoms with E-state index in [2.05, 4.69) is 65.8 Å². The van der Waals surface area contributed by atoms with Crippen LogP contribution in [0.1, 0.15) is 58.7 Å². The zero-order valence-electron chi connectivity index (χ0n) is 19.9. The Hall–Kier alpha value is -1.84. The number of halogens is 2. The maximum absolute atomic E-state index is 6.10. The summed E-state index contributed by atoms with van der Waals surface area (Å²) in [6.45, 7) is 16.6. The third kappa shape index (κ3) is 6.83. The number of furan rings is 1. The zero-order chi connectivity index (χ0) is 24.0. The van der Waals surface area contributed by atoms with Gasteiger partial charge in [0.25, 0.3) is 0 Å². The first kappa shape index (κ1) is 26.4. The quantitative estimate of drug-likeness (QED) is 0.254. The van der Waals surface area contributed by atoms with Crippen LogP contribution in [0, 0.1) is 41.5 Å². The average Bonchev–Trinajstić information content (AvgIpc) is 3.18. The molecule has 3 rings (SSSR count). The molecule has 172 valence electrons. The molecule has 2 aromatic carbocycles. The minimum absolute atomic E-state index is 0.194. The number of benzene rings is 2. The molecular formula is C26H30Cl2FeN2O. The molecule has 0 saturated heterocycles. The van der Waals surface area contributed by atoms with Gasteiger partial charge in [-0.05, 0) is 89.8 Å². The van der Waals surface area contributed by atoms with Crippen molar-refractivity contribution in [1.82, 2.24) is 0 Å². The Balaban J connectivity index is 0.00000114. The van der Waals surface area contributed by atoms with Gasteiger partial charge >= 0.3 is 33.3 Å². The molecule has 0 atom stereocenters. The topological polar surface area (TPSA) is 37.9 Å². The Morgan fingerprint density at radius 2 is 0.938 bits per heavy atom. The van der Waals surface area contributed by atoms with Gasteiger partial charge in [-0.15, -0.1) is 0 Å². The molecule has 0 saturated carbocycles. The minimum atomic E-state index is 0.194. The van der Waals surface area contributed by atoms with E-state index in [9.17, 15) is 0 Å². The van der Waals surface area contributed by atoms with Crippen molar-refractivity contribution in [3.8, 4) is 0 Å². The van der Waals surface area contributed by atoms with E-state index in [4.69, 9.17) is 34.6 Å². The summed E-state index contributed by atoms with van der Waals surface area (Å²) in [6, 6.07) is 12.6. The van der Waals surface area contributed by atoms with Crippen molar-refractivity contribution in [3.63, 3.8) is 0 Å². The van der Waals surface area contributed by atoms with Crippen molar-refractivity contribution in [2.24, 2.45) is 9.98 Å². The number of rotatable bonds is 4. The van der Waals surface area contributed by atoms with E-state index in [-0.39, 0.29) is 13.1 Å². The molecular weight excluding hydrogens is 483 g/mol. The van der Waals surface area contributed by atoms with E-state index in [1.807, 2.05) is 26.0 Å². The van der Waals surface area contributed by atoms with Gasteiger partial charge in [0.15, 0.2) is 0 Å². The predicted molar refractivity (Wildman–Crippen MR) is 135 cm³/mol. The molecule has 3 nitrogen and oxygen atoms in total. The van der Waals surface area contributed by atoms with Crippen LogP contribution < -0.4 is 0 Å². The molecule has 0 aliphatic carbocycles. The van der Waals surface area contributed by atoms with Crippen molar-refractivity contribution >= 4 is 43.0 Å². The second kappa shape index (κ2) is 11.9. The van der Waals surface area contributed by atoms with Crippen LogP contribution in [0.25, 0.3) is 0 Å². The molecule has 1 aromatic heterocycles. The van der Waals surface area contributed by atoms with Crippen LogP contribution in [0.5, 0.6) is 0 Å². The molecule has 6 heteroatoms. The Morgan fingerprint density at radius 1 is 0.656 bits per heavy atom. The molecule has 0 amide bonds. The van der Waals surface area contributed by atoms with Crippen molar-refractivity contribution in [2.45, 2.75) is 55.4 Å². The van der Waals surface area contributed by atoms with Gasteiger partial charge < -0.3 is 4.42 Å². The number of aliphatic imine (C=N–C) groups is 2. The fourth-order valence-corrected chi connectivity index (χ4v) is 3.87. The van der Waals surface area contributed by atoms with Crippen LogP contribution >= 0.6 is 20.2 Å². The molecule has 0 fully saturated rings. The van der Waals surface area contributed by atoms with Crippen LogP contribution in [0.4, 0.5) is 11.4 Å². The number of aryl methyl sites for hydroxylation is 6. The van der Waals surface area contributed by atoms with Gasteiger partial charge in [-0.25, -0.2) is 9.98 Å². The second-order valence-electron chi connectivity index (χ2n) is 8.10. The molecule has 0 N–H and O–H groups in total. The summed E-state index contributed by atoms with van der Waals surface area (Å²) in [5, 5.41) is 0. The molecule has 0 aliphatic heterocycles. The average molecular weight is 513 g/mol. The molecule has 0 spiro atoms. The van der Waals surface area contributed by atoms with Gasteiger partial charge in [0.05, 0.1) is 22.8 Å². The third-order valence-electron chi connectivity index (χ3n) is 5.15. The van der Waals surface area contributed by atoms with Crippen molar-refractivity contribution in [3.05, 3.63) is 81.3 Å². The maximum atomic E-state index is 6.10. The summed E-state index contributed by atoms with van der Waals surface area (Å²) in [5.74, 6) is 1.54. The van der Waals surface area contributed by atoms with E-state index in [1.54, 1.807) is 0 Å². The zero-order valence-corrected chi connectivity index (χ0v) is 22.5. The third-order valence-corrected chi connectivity index (χ3v) is 5.15. The normalized spacial score (nSPS) is 12.1. The Bertz CT molecular complexity index is 1030. The molecule has 0 radical (unpaired) electrons. The predicted octanol–water partition coefficient (Wildman–Crippen LogP) is 8.79. The summed E-state index contributed by atoms with van der Waals surface area (Å²) >= 11 is 0.194. The van der Waals surface area contributed by atoms with Crippen LogP contribution in [0.2, 0.25) is 0 Å². The first-order chi connectivity index (χ1) is 15.1. The first-order valence-electron chi connectivity index (χ1n) is 10.3. The molecule has 0 bridgehead atoms. The second-order valence-corrected chi connectivity index (χ2v) is 9.93. The van der Waals surface area contributed by atoms with Gasteiger partial charge in [0.1, 0.15) is 11.5 Å². The van der Waals surface area contributed by atoms with Crippen molar-refractivity contribution < 1.29 is 17.6 Å². The summed E-state index contributed by atoms with van der Waals surface area (Å²) in [5.41, 5.74) is 11.0. The fraction of sp³-hybridized carbons (Fsp3) is 0.308. The van der Waals surface area contributed by atoms with E-state index in [0.29, 0.717) is 0 Å². The fourth-order valence-electron chi connectivity index (χ4n) is 3.87. The number of hydrogen-bond donors (Lipinski definition) is 0. The Labute approximate surface area is 206 Å². The molecule has 1 heterocycles. The van der Waals surface area contributed by atoms with E-state index < -0.39 is 0 Å². The van der Waals surface area contributed by atoms with Gasteiger partial charge in [0, 0.05) is 0 Å². The summed E-state index contributed by atoms with van der Waals surface area (Å²) < 4.78 is 6.10. The van der Waals surface area contributed by atoms with Crippen LogP contribution in [-0.2, 0) is 13.1 Å². The number of hydrogen-bond acceptors (Lipinski definition) is 3. The SMILES string of the molecule is CC(=Nc1c(C)cc(C)cc1C)c1ccc(C(C)=Nc2c(C)cc(C)cc2C)o1.[Cl][Fe][Cl]. The Morgan fingerprint density at radius 3 is 1.22 bits per heavy atom. The monoisotopic (exact) mass is 512 g/mol. The van der Waals surface area contributed by atoms with Crippen molar-refractivity contribution in [2.75, 3.05) is 0 Å². The molecule has 32 heavy (non-hydrogen) atoms. The van der Waals surface area contributed by atoms with Gasteiger partial charge in [0.2, 0.25) is 0 Å². The summed E-state index contributed by atoms with van der Waals surface area (Å²) in [4.78, 5) is 9.69. The summed E-state index contributed by atoms with van der Waals surface area (Å²) in [7, 11) is 9.53. The summed E-state index contributed by atoms with van der Waals surface area (Å²) in [6.07, 6.45) is 0. The van der Waals surface area contributed by atoms with Crippen molar-refractivity contribution in [1.29, 1.82) is 0 Å². The molecule has 3 aromatic rings. The van der Waals surface area contributed by atoms with E-state index in [0.717, 1.165) is 34.3 Å². The molecule has 0 unspecified atom stereocenters. The van der Waals surface area contributed by atoms with Gasteiger partial charge in [-0.1, -0.05) is 35.4 Å². The number of nitrogens with zero attached hydrogens (tertiary/aromatic N) is 2. The van der Waals surface area contributed by atoms with Crippen LogP contribution in [-0.4, -0.2) is 11.4 Å². The van der Waals surface area contributed by atoms with E-state index >= 15 is 0 Å².